The minimum Gasteiger partial charge on any atom is -0.780 e. The molecular formula is C87H104N14O41P3S3-. The summed E-state index contributed by atoms with van der Waals surface area (Å²) in [6.45, 7) is -1.39. The van der Waals surface area contributed by atoms with Gasteiger partial charge >= 0.3 is 47.6 Å². The predicted molar refractivity (Wildman–Crippen MR) is 517 cm³/mol. The zero-order chi connectivity index (χ0) is 107. The summed E-state index contributed by atoms with van der Waals surface area (Å²) in [7, 11) is 11.0. The lowest BCUT2D eigenvalue weighted by Crippen LogP contribution is -2.42. The van der Waals surface area contributed by atoms with Gasteiger partial charge in [0.1, 0.15) is 147 Å². The van der Waals surface area contributed by atoms with Crippen molar-refractivity contribution < 1.29 is 138 Å². The Morgan fingerprint density at radius 3 is 0.885 bits per heavy atom. The summed E-state index contributed by atoms with van der Waals surface area (Å²) >= 11 is 16.6. The number of hydrogen-bond acceptors (Lipinski definition) is 44. The summed E-state index contributed by atoms with van der Waals surface area (Å²) in [5.74, 6) is 1.22. The van der Waals surface area contributed by atoms with Crippen LogP contribution in [0.25, 0.3) is 9.69 Å². The molecule has 11 N–H and O–H groups in total. The van der Waals surface area contributed by atoms with Crippen molar-refractivity contribution in [1.82, 2.24) is 57.3 Å². The van der Waals surface area contributed by atoms with Gasteiger partial charge in [-0.15, -0.1) is 0 Å². The van der Waals surface area contributed by atoms with E-state index in [1.807, 2.05) is 78.9 Å². The van der Waals surface area contributed by atoms with Crippen molar-refractivity contribution in [3.63, 3.8) is 0 Å². The van der Waals surface area contributed by atoms with Crippen LogP contribution < -0.4 is 81.9 Å². The molecule has 9 unspecified atom stereocenters. The van der Waals surface area contributed by atoms with Gasteiger partial charge in [0, 0.05) is 116 Å². The van der Waals surface area contributed by atoms with Crippen molar-refractivity contribution in [2.75, 3.05) is 123 Å². The molecule has 0 spiro atoms. The molecule has 6 aliphatic rings. The first kappa shape index (κ1) is 114. The van der Waals surface area contributed by atoms with Crippen molar-refractivity contribution in [2.45, 2.75) is 153 Å². The summed E-state index contributed by atoms with van der Waals surface area (Å²) in [6.07, 6.45) is -21.0. The monoisotopic (exact) mass is 2190 g/mol. The van der Waals surface area contributed by atoms with Gasteiger partial charge in [0.2, 0.25) is 13.1 Å². The molecule has 6 aromatic heterocycles. The van der Waals surface area contributed by atoms with Crippen LogP contribution in [0.3, 0.4) is 0 Å². The van der Waals surface area contributed by atoms with E-state index in [0.717, 1.165) is 75.6 Å². The zero-order valence-electron chi connectivity index (χ0n) is 79.4. The van der Waals surface area contributed by atoms with Crippen LogP contribution in [0.2, 0.25) is 0 Å². The SMILES string of the molecule is CO[C@H]1C(O)[C@@H](COP([O-])(=S)OC2[C@@H](CO)O[C@@H](n3ccc(=O)[nH]c3=O)[C@H]2OC)O[C@H]1n1ccc(=O)[nH]c1=O.[C-]#[N+]CCOP(=S)(OC[C@H]1O[C@@H](n2ccc(=O)[nH]c2=O)[C@@H](OC)C1O)OC1[C@@H](CO)O[C@@H](n2ccc(=O)[nH]c2=O)[C@H]1OC.[C-]#[N+]CCOP(=S)(OC[C@H]1O[C@@H](n2ccc(=O)[nH]c2=O)[C@@H](OC)C1O)OC1[C@@H](COC(c2ccccc2)(c2ccc(OC)cc2)c2ccc(OC)cc2)O[C@@H](n2ccc(=O)[nH]c2=O)[C@H]1OC. The number of H-pyrrole nitrogens is 6. The maximum atomic E-state index is 13.3. The van der Waals surface area contributed by atoms with E-state index in [4.69, 9.17) is 156 Å². The fourth-order valence-corrected chi connectivity index (χ4v) is 22.6. The Kier molecular flexibility index (Phi) is 39.7. The normalized spacial score (nSPS) is 27.9. The van der Waals surface area contributed by atoms with Gasteiger partial charge < -0.3 is 138 Å². The summed E-state index contributed by atoms with van der Waals surface area (Å²) in [5.41, 5.74) is -7.81. The number of nitrogens with zero attached hydrogens (tertiary/aromatic N) is 8. The van der Waals surface area contributed by atoms with Crippen molar-refractivity contribution in [3.05, 3.63) is 317 Å². The van der Waals surface area contributed by atoms with E-state index < -0.39 is 274 Å². The van der Waals surface area contributed by atoms with Gasteiger partial charge in [-0.05, 0) is 64.6 Å². The van der Waals surface area contributed by atoms with Crippen LogP contribution >= 0.6 is 20.2 Å². The molecule has 6 saturated heterocycles. The number of benzene rings is 3. The second kappa shape index (κ2) is 51.3. The van der Waals surface area contributed by atoms with Crippen LogP contribution in [0.5, 0.6) is 11.5 Å². The average Bonchev–Trinajstić information content (AvgIpc) is 0.912. The molecule has 55 nitrogen and oxygen atoms in total. The van der Waals surface area contributed by atoms with E-state index in [1.165, 1.54) is 73.6 Å². The van der Waals surface area contributed by atoms with E-state index in [0.29, 0.717) is 22.6 Å². The second-order valence-corrected chi connectivity index (χ2v) is 41.3. The summed E-state index contributed by atoms with van der Waals surface area (Å²) in [5, 5.41) is 52.8. The number of aromatic amines is 6. The largest absolute Gasteiger partial charge is 0.780 e. The number of methoxy groups -OCH3 is 8. The highest BCUT2D eigenvalue weighted by Gasteiger charge is 2.56. The molecule has 802 valence electrons. The maximum absolute atomic E-state index is 13.3. The molecular weight excluding hydrogens is 2090 g/mol. The van der Waals surface area contributed by atoms with E-state index in [2.05, 4.69) is 39.6 Å². The van der Waals surface area contributed by atoms with E-state index in [-0.39, 0.29) is 32.9 Å². The Balaban J connectivity index is 0.000000194. The highest BCUT2D eigenvalue weighted by atomic mass is 32.5. The Morgan fingerprint density at radius 2 is 0.608 bits per heavy atom. The molecule has 0 amide bonds. The standard InChI is InChI=1S/C44H48N5O15PS.C23H30N5O13PS.C20H27N4O13PS/c1-45-21-24-60-65(66,61-26-32-36(52)38(57-4)40(62-32)48-22-19-34(50)46-42(48)53)64-37-33(63-41(39(37)58-5)49-23-20-35(51)47-43(49)54)25-59-44(27-9-7-6-8-10-27,28-11-15-30(55-2)16-12-28)29-13-17-31(56-3)18-14-29;1-24-6-9-37-42(43,38-11-13-16(32)18(35-2)20(40-13)27-7-4-14(30)25-22(27)33)41-17-12(10-29)39-21(19(17)36-3)28-8-5-15(31)26-23(28)34;1-32-15-13(28)10(36-17(15)23-5-3-11(26)21-19(23)29)8-34-38(31,39)37-14-9(7-25)35-18(16(14)33-2)24-6-4-12(27)22-20(24)30/h6-20,22-23,32-33,36-41,52H,21,24-26H2,2-5H3,(H,46,50,53)(H,47,51,54);4-5,7-8,12-13,16-21,29,32H,6,9-11H2,2-3H3,(H,25,30,33)(H,26,31,34);3-6,9-10,13-18,25,28H,7-8H2,1-2H3,(H,31,39)(H,21,26,29)(H,22,27,30)/p-1/t32-,33-,36?,37?,38+,39+,40-,41-,65?;12-,13-,16?,17?,18+,19+,20-,21-,42?;9-,10-,13?,14?,15+,16+,17-,18-,38?/m111/s1. The topological polar surface area (TPSA) is 674 Å². The second-order valence-electron chi connectivity index (χ2n) is 32.7. The van der Waals surface area contributed by atoms with Crippen LogP contribution in [-0.2, 0) is 139 Å². The number of nitrogens with one attached hydrogen (secondary N) is 6. The van der Waals surface area contributed by atoms with Gasteiger partial charge in [-0.2, -0.15) is 0 Å². The zero-order valence-corrected chi connectivity index (χ0v) is 84.6. The van der Waals surface area contributed by atoms with Gasteiger partial charge in [0.05, 0.1) is 53.9 Å². The molecule has 6 fully saturated rings. The smallest absolute Gasteiger partial charge is 0.330 e. The number of aliphatic hydroxyl groups is 5. The minimum absolute atomic E-state index is 0.0929. The van der Waals surface area contributed by atoms with E-state index in [1.54, 1.807) is 14.2 Å². The van der Waals surface area contributed by atoms with Crippen LogP contribution in [0.4, 0.5) is 0 Å². The maximum Gasteiger partial charge on any atom is 0.330 e. The van der Waals surface area contributed by atoms with Crippen LogP contribution in [0.1, 0.15) is 54.1 Å². The molecule has 3 aromatic carbocycles. The van der Waals surface area contributed by atoms with Crippen molar-refractivity contribution in [3.8, 4) is 11.5 Å². The molecule has 9 aromatic rings. The summed E-state index contributed by atoms with van der Waals surface area (Å²) in [4.78, 5) is 178. The number of aliphatic hydroxyl groups excluding tert-OH is 5. The van der Waals surface area contributed by atoms with Gasteiger partial charge in [-0.1, -0.05) is 66.4 Å². The van der Waals surface area contributed by atoms with Gasteiger partial charge in [-0.3, -0.25) is 95.1 Å². The van der Waals surface area contributed by atoms with Crippen LogP contribution in [0, 0.1) is 13.1 Å². The van der Waals surface area contributed by atoms with E-state index in [9.17, 15) is 88.0 Å². The van der Waals surface area contributed by atoms with E-state index >= 15 is 0 Å². The Labute approximate surface area is 850 Å². The fraction of sp³-hybridized carbons (Fsp3) is 0.494. The third-order valence-electron chi connectivity index (χ3n) is 24.0. The lowest BCUT2D eigenvalue weighted by molar-refractivity contribution is -0.218. The molecule has 27 atom stereocenters. The highest BCUT2D eigenvalue weighted by Crippen LogP contribution is 2.57. The number of rotatable bonds is 43. The van der Waals surface area contributed by atoms with Crippen molar-refractivity contribution in [2.24, 2.45) is 0 Å². The minimum atomic E-state index is -4.38. The molecule has 61 heteroatoms. The number of aromatic nitrogens is 12. The molecule has 6 aliphatic heterocycles. The van der Waals surface area contributed by atoms with Gasteiger partial charge in [-0.25, -0.2) is 41.9 Å². The Morgan fingerprint density at radius 1 is 0.345 bits per heavy atom. The lowest BCUT2D eigenvalue weighted by atomic mass is 9.80. The Bertz CT molecular complexity index is 6990. The molecule has 0 radical (unpaired) electrons. The summed E-state index contributed by atoms with van der Waals surface area (Å²) in [6, 6.07) is 30.9. The number of hydrogen-bond donors (Lipinski definition) is 11. The van der Waals surface area contributed by atoms with Gasteiger partial charge in [0.15, 0.2) is 37.4 Å². The van der Waals surface area contributed by atoms with Crippen LogP contribution in [0.15, 0.2) is 210 Å². The lowest BCUT2D eigenvalue weighted by Gasteiger charge is -2.37. The molecule has 15 rings (SSSR count). The quantitative estimate of drug-likeness (QED) is 0.00782. The van der Waals surface area contributed by atoms with Crippen molar-refractivity contribution in [1.29, 1.82) is 0 Å². The average molecular weight is 2190 g/mol. The molecule has 0 bridgehead atoms. The first-order valence-corrected chi connectivity index (χ1v) is 52.3. The highest BCUT2D eigenvalue weighted by molar-refractivity contribution is 8.08. The molecule has 12 heterocycles. The molecule has 148 heavy (non-hydrogen) atoms. The van der Waals surface area contributed by atoms with Crippen LogP contribution in [-0.4, -0.2) is 316 Å². The number of ether oxygens (including phenoxy) is 15. The third-order valence-corrected chi connectivity index (χ3v) is 30.3. The fourth-order valence-electron chi connectivity index (χ4n) is 17.0. The first-order chi connectivity index (χ1) is 70.9. The third kappa shape index (κ3) is 26.3. The van der Waals surface area contributed by atoms with Crippen molar-refractivity contribution >= 4 is 55.6 Å². The Hall–Kier alpha value is -10.8. The summed E-state index contributed by atoms with van der Waals surface area (Å²) < 4.78 is 141. The molecule has 0 saturated carbocycles. The first-order valence-electron chi connectivity index (χ1n) is 44.6. The predicted octanol–water partition coefficient (Wildman–Crippen LogP) is -3.06. The molecule has 0 aliphatic carbocycles. The van der Waals surface area contributed by atoms with Gasteiger partial charge in [0.25, 0.3) is 33.4 Å².